The van der Waals surface area contributed by atoms with Crippen molar-refractivity contribution >= 4 is 16.8 Å². The molecular formula is C19H28N4O2. The van der Waals surface area contributed by atoms with Crippen LogP contribution in [-0.2, 0) is 16.1 Å². The fraction of sp³-hybridized carbons (Fsp3) is 0.579. The lowest BCUT2D eigenvalue weighted by atomic mass is 10.0. The first-order valence-corrected chi connectivity index (χ1v) is 9.06. The molecule has 0 unspecified atom stereocenters. The Morgan fingerprint density at radius 2 is 2.08 bits per heavy atom. The maximum atomic E-state index is 12.9. The number of para-hydroxylation sites is 1. The molecule has 0 atom stereocenters. The summed E-state index contributed by atoms with van der Waals surface area (Å²) in [5.41, 5.74) is 1.08. The Hall–Kier alpha value is -1.92. The number of piperidine rings is 1. The van der Waals surface area contributed by atoms with Gasteiger partial charge in [0, 0.05) is 31.5 Å². The monoisotopic (exact) mass is 344 g/mol. The molecule has 0 N–H and O–H groups in total. The topological polar surface area (TPSA) is 50.6 Å². The Morgan fingerprint density at radius 1 is 1.32 bits per heavy atom. The lowest BCUT2D eigenvalue weighted by Gasteiger charge is -2.37. The quantitative estimate of drug-likeness (QED) is 0.771. The zero-order chi connectivity index (χ0) is 17.6. The van der Waals surface area contributed by atoms with E-state index in [9.17, 15) is 4.79 Å². The van der Waals surface area contributed by atoms with Crippen LogP contribution in [0.4, 0.5) is 0 Å². The van der Waals surface area contributed by atoms with Crippen molar-refractivity contribution in [3.8, 4) is 0 Å². The molecule has 1 aliphatic rings. The fourth-order valence-corrected chi connectivity index (χ4v) is 3.56. The highest BCUT2D eigenvalue weighted by molar-refractivity contribution is 5.79. The third kappa shape index (κ3) is 4.38. The number of aryl methyl sites for hydroxylation is 1. The number of nitrogens with zero attached hydrogens (tertiary/aromatic N) is 4. The van der Waals surface area contributed by atoms with E-state index in [2.05, 4.69) is 17.0 Å². The third-order valence-electron chi connectivity index (χ3n) is 5.07. The molecule has 0 radical (unpaired) electrons. The molecule has 0 aliphatic carbocycles. The second-order valence-electron chi connectivity index (χ2n) is 6.79. The molecule has 3 rings (SSSR count). The first-order chi connectivity index (χ1) is 12.2. The summed E-state index contributed by atoms with van der Waals surface area (Å²) < 4.78 is 7.15. The van der Waals surface area contributed by atoms with E-state index < -0.39 is 0 Å². The molecule has 136 valence electrons. The number of carbonyl (C=O) groups excluding carboxylic acids is 1. The van der Waals surface area contributed by atoms with Crippen molar-refractivity contribution in [1.29, 1.82) is 0 Å². The van der Waals surface area contributed by atoms with Crippen molar-refractivity contribution < 1.29 is 9.53 Å². The highest BCUT2D eigenvalue weighted by Crippen LogP contribution is 2.18. The molecule has 1 aromatic heterocycles. The van der Waals surface area contributed by atoms with Crippen molar-refractivity contribution in [3.05, 3.63) is 30.5 Å². The number of hydrogen-bond donors (Lipinski definition) is 0. The number of fused-ring (bicyclic) bond motifs is 1. The molecule has 6 nitrogen and oxygen atoms in total. The number of benzene rings is 1. The fourth-order valence-electron chi connectivity index (χ4n) is 3.56. The van der Waals surface area contributed by atoms with E-state index in [4.69, 9.17) is 4.74 Å². The lowest BCUT2D eigenvalue weighted by Crippen LogP contribution is -2.48. The van der Waals surface area contributed by atoms with Gasteiger partial charge in [0.2, 0.25) is 5.91 Å². The average molecular weight is 344 g/mol. The summed E-state index contributed by atoms with van der Waals surface area (Å²) in [4.78, 5) is 17.2. The SMILES string of the molecule is COCCN(C(=O)CCn1ncc2ccccc21)C1CCN(C)CC1. The maximum Gasteiger partial charge on any atom is 0.224 e. The van der Waals surface area contributed by atoms with Crippen LogP contribution in [0.3, 0.4) is 0 Å². The van der Waals surface area contributed by atoms with Crippen LogP contribution >= 0.6 is 0 Å². The first kappa shape index (κ1) is 17.9. The molecule has 1 saturated heterocycles. The number of rotatable bonds is 7. The van der Waals surface area contributed by atoms with E-state index in [0.29, 0.717) is 32.2 Å². The van der Waals surface area contributed by atoms with Crippen LogP contribution in [0.1, 0.15) is 19.3 Å². The molecule has 0 bridgehead atoms. The predicted molar refractivity (Wildman–Crippen MR) is 98.5 cm³/mol. The van der Waals surface area contributed by atoms with Gasteiger partial charge in [0.1, 0.15) is 0 Å². The van der Waals surface area contributed by atoms with E-state index in [-0.39, 0.29) is 5.91 Å². The van der Waals surface area contributed by atoms with Gasteiger partial charge >= 0.3 is 0 Å². The van der Waals surface area contributed by atoms with Crippen molar-refractivity contribution in [3.63, 3.8) is 0 Å². The van der Waals surface area contributed by atoms with Gasteiger partial charge in [-0.2, -0.15) is 5.10 Å². The van der Waals surface area contributed by atoms with E-state index in [1.807, 2.05) is 40.0 Å². The second kappa shape index (κ2) is 8.45. The summed E-state index contributed by atoms with van der Waals surface area (Å²) in [6.07, 6.45) is 4.41. The summed E-state index contributed by atoms with van der Waals surface area (Å²) in [5.74, 6) is 0.200. The molecule has 1 aromatic carbocycles. The van der Waals surface area contributed by atoms with Gasteiger partial charge in [-0.3, -0.25) is 9.48 Å². The van der Waals surface area contributed by atoms with Gasteiger partial charge in [0.15, 0.2) is 0 Å². The number of ether oxygens (including phenoxy) is 1. The molecule has 6 heteroatoms. The Kier molecular flexibility index (Phi) is 6.04. The minimum Gasteiger partial charge on any atom is -0.383 e. The molecule has 25 heavy (non-hydrogen) atoms. The van der Waals surface area contributed by atoms with Gasteiger partial charge in [-0.15, -0.1) is 0 Å². The average Bonchev–Trinajstić information content (AvgIpc) is 3.05. The van der Waals surface area contributed by atoms with Crippen LogP contribution < -0.4 is 0 Å². The van der Waals surface area contributed by atoms with Crippen LogP contribution in [-0.4, -0.2) is 71.9 Å². The minimum absolute atomic E-state index is 0.200. The molecule has 2 aromatic rings. The van der Waals surface area contributed by atoms with E-state index in [1.165, 1.54) is 0 Å². The predicted octanol–water partition coefficient (Wildman–Crippen LogP) is 2.00. The van der Waals surface area contributed by atoms with Crippen molar-refractivity contribution in [2.75, 3.05) is 40.4 Å². The molecule has 1 amide bonds. The van der Waals surface area contributed by atoms with Gasteiger partial charge in [-0.05, 0) is 39.0 Å². The van der Waals surface area contributed by atoms with E-state index >= 15 is 0 Å². The van der Waals surface area contributed by atoms with Crippen LogP contribution in [0.5, 0.6) is 0 Å². The van der Waals surface area contributed by atoms with Crippen molar-refractivity contribution in [1.82, 2.24) is 19.6 Å². The number of aromatic nitrogens is 2. The Balaban J connectivity index is 1.63. The third-order valence-corrected chi connectivity index (χ3v) is 5.07. The normalized spacial score (nSPS) is 16.4. The maximum absolute atomic E-state index is 12.9. The first-order valence-electron chi connectivity index (χ1n) is 9.06. The van der Waals surface area contributed by atoms with Crippen LogP contribution in [0, 0.1) is 0 Å². The van der Waals surface area contributed by atoms with Gasteiger partial charge in [-0.25, -0.2) is 0 Å². The van der Waals surface area contributed by atoms with Crippen molar-refractivity contribution in [2.45, 2.75) is 31.8 Å². The number of amides is 1. The number of carbonyl (C=O) groups is 1. The van der Waals surface area contributed by atoms with Crippen LogP contribution in [0.2, 0.25) is 0 Å². The number of hydrogen-bond acceptors (Lipinski definition) is 4. The van der Waals surface area contributed by atoms with Gasteiger partial charge in [-0.1, -0.05) is 18.2 Å². The standard InChI is InChI=1S/C19H28N4O2/c1-21-10-7-17(8-11-21)22(13-14-25-2)19(24)9-12-23-18-6-4-3-5-16(18)15-20-23/h3-6,15,17H,7-14H2,1-2H3. The summed E-state index contributed by atoms with van der Waals surface area (Å²) >= 11 is 0. The molecule has 2 heterocycles. The largest absolute Gasteiger partial charge is 0.383 e. The Labute approximate surface area is 149 Å². The van der Waals surface area contributed by atoms with Gasteiger partial charge < -0.3 is 14.5 Å². The number of likely N-dealkylation sites (tertiary alicyclic amines) is 1. The molecule has 0 spiro atoms. The lowest BCUT2D eigenvalue weighted by molar-refractivity contribution is -0.135. The molecule has 1 aliphatic heterocycles. The minimum atomic E-state index is 0.200. The molecule has 0 saturated carbocycles. The van der Waals surface area contributed by atoms with Gasteiger partial charge in [0.05, 0.1) is 24.9 Å². The Morgan fingerprint density at radius 3 is 2.84 bits per heavy atom. The molecular weight excluding hydrogens is 316 g/mol. The summed E-state index contributed by atoms with van der Waals surface area (Å²) in [5, 5.41) is 5.54. The second-order valence-corrected chi connectivity index (χ2v) is 6.79. The highest BCUT2D eigenvalue weighted by atomic mass is 16.5. The highest BCUT2D eigenvalue weighted by Gasteiger charge is 2.26. The van der Waals surface area contributed by atoms with E-state index in [1.54, 1.807) is 7.11 Å². The molecule has 1 fully saturated rings. The van der Waals surface area contributed by atoms with Gasteiger partial charge in [0.25, 0.3) is 0 Å². The van der Waals surface area contributed by atoms with Crippen LogP contribution in [0.15, 0.2) is 30.5 Å². The van der Waals surface area contributed by atoms with Crippen LogP contribution in [0.25, 0.3) is 10.9 Å². The summed E-state index contributed by atoms with van der Waals surface area (Å²) in [7, 11) is 3.83. The zero-order valence-corrected chi connectivity index (χ0v) is 15.2. The smallest absolute Gasteiger partial charge is 0.224 e. The van der Waals surface area contributed by atoms with E-state index in [0.717, 1.165) is 36.8 Å². The van der Waals surface area contributed by atoms with Crippen molar-refractivity contribution in [2.24, 2.45) is 0 Å². The summed E-state index contributed by atoms with van der Waals surface area (Å²) in [6.45, 7) is 3.96. The number of methoxy groups -OCH3 is 1. The Bertz CT molecular complexity index is 692. The zero-order valence-electron chi connectivity index (χ0n) is 15.2. The summed E-state index contributed by atoms with van der Waals surface area (Å²) in [6, 6.07) is 8.43.